The molecule has 2 atom stereocenters. The third-order valence-electron chi connectivity index (χ3n) is 6.51. The average Bonchev–Trinajstić information content (AvgIpc) is 3.31. The maximum atomic E-state index is 15.1. The van der Waals surface area contributed by atoms with Gasteiger partial charge < -0.3 is 24.4 Å². The lowest BCUT2D eigenvalue weighted by Gasteiger charge is -2.40. The second kappa shape index (κ2) is 9.70. The van der Waals surface area contributed by atoms with Crippen LogP contribution in [0.5, 0.6) is 17.2 Å². The minimum atomic E-state index is -0.962. The highest BCUT2D eigenvalue weighted by molar-refractivity contribution is 7.22. The number of anilines is 1. The molecule has 0 saturated carbocycles. The third kappa shape index (κ3) is 4.23. The number of likely N-dealkylation sites (N-methyl/N-ethyl adjacent to an activating group) is 1. The first-order valence-corrected chi connectivity index (χ1v) is 12.2. The first-order chi connectivity index (χ1) is 17.9. The minimum absolute atomic E-state index is 0.230. The summed E-state index contributed by atoms with van der Waals surface area (Å²) in [5, 5.41) is 3.27. The average molecular weight is 522 g/mol. The molecule has 0 unspecified atom stereocenters. The fourth-order valence-electron chi connectivity index (χ4n) is 4.70. The summed E-state index contributed by atoms with van der Waals surface area (Å²) in [4.78, 5) is 33.3. The SMILES string of the molecule is COc1ccc2nc(NC(=O)[C@H]3c4cc(OC)c(OC)cc4C(=O)N(C)[C@H]3c3ccccc3F)sc2c1. The third-order valence-corrected chi connectivity index (χ3v) is 7.44. The molecule has 0 radical (unpaired) electrons. The molecule has 5 rings (SSSR count). The van der Waals surface area contributed by atoms with E-state index in [1.54, 1.807) is 50.6 Å². The highest BCUT2D eigenvalue weighted by atomic mass is 32.1. The summed E-state index contributed by atoms with van der Waals surface area (Å²) in [6, 6.07) is 13.8. The molecule has 1 N–H and O–H groups in total. The standard InChI is InChI=1S/C27H24FN3O5S/c1-31-24(15-7-5-6-8-18(15)28)23(16-12-20(35-3)21(36-4)13-17(16)26(31)33)25(32)30-27-29-19-10-9-14(34-2)11-22(19)37-27/h5-13,23-24H,1-4H3,(H,29,30,32)/t23-,24-/m0/s1. The monoisotopic (exact) mass is 521 g/mol. The molecular formula is C27H24FN3O5S. The molecule has 2 heterocycles. The normalized spacial score (nSPS) is 16.9. The molecule has 10 heteroatoms. The van der Waals surface area contributed by atoms with E-state index in [1.165, 1.54) is 36.5 Å². The van der Waals surface area contributed by atoms with Crippen molar-refractivity contribution in [2.24, 2.45) is 0 Å². The minimum Gasteiger partial charge on any atom is -0.497 e. The van der Waals surface area contributed by atoms with Crippen LogP contribution in [-0.4, -0.2) is 50.1 Å². The van der Waals surface area contributed by atoms with Crippen LogP contribution in [0.4, 0.5) is 9.52 Å². The smallest absolute Gasteiger partial charge is 0.254 e. The summed E-state index contributed by atoms with van der Waals surface area (Å²) in [6.07, 6.45) is 0. The first kappa shape index (κ1) is 24.5. The number of carbonyl (C=O) groups excluding carboxylic acids is 2. The zero-order chi connectivity index (χ0) is 26.3. The maximum absolute atomic E-state index is 15.1. The summed E-state index contributed by atoms with van der Waals surface area (Å²) in [5.41, 5.74) is 1.62. The second-order valence-corrected chi connectivity index (χ2v) is 9.53. The Hall–Kier alpha value is -4.18. The van der Waals surface area contributed by atoms with E-state index in [9.17, 15) is 9.59 Å². The van der Waals surface area contributed by atoms with Gasteiger partial charge in [0.15, 0.2) is 16.6 Å². The van der Waals surface area contributed by atoms with Crippen LogP contribution in [-0.2, 0) is 4.79 Å². The van der Waals surface area contributed by atoms with E-state index in [0.717, 1.165) is 4.70 Å². The molecule has 37 heavy (non-hydrogen) atoms. The van der Waals surface area contributed by atoms with Crippen molar-refractivity contribution < 1.29 is 28.2 Å². The van der Waals surface area contributed by atoms with Gasteiger partial charge in [-0.05, 0) is 42.0 Å². The number of amides is 2. The Bertz CT molecular complexity index is 1520. The number of rotatable bonds is 6. The van der Waals surface area contributed by atoms with Crippen LogP contribution in [0.2, 0.25) is 0 Å². The van der Waals surface area contributed by atoms with Crippen LogP contribution >= 0.6 is 11.3 Å². The zero-order valence-corrected chi connectivity index (χ0v) is 21.4. The number of hydrogen-bond acceptors (Lipinski definition) is 7. The van der Waals surface area contributed by atoms with Gasteiger partial charge in [0.1, 0.15) is 11.6 Å². The quantitative estimate of drug-likeness (QED) is 0.384. The Morgan fingerprint density at radius 3 is 2.43 bits per heavy atom. The topological polar surface area (TPSA) is 90.0 Å². The van der Waals surface area contributed by atoms with Crippen molar-refractivity contribution in [3.63, 3.8) is 0 Å². The molecule has 0 bridgehead atoms. The molecule has 1 aliphatic rings. The molecule has 0 saturated heterocycles. The van der Waals surface area contributed by atoms with Crippen LogP contribution in [0.3, 0.4) is 0 Å². The highest BCUT2D eigenvalue weighted by Gasteiger charge is 2.44. The molecule has 8 nitrogen and oxygen atoms in total. The molecule has 3 aromatic carbocycles. The molecule has 2 amide bonds. The van der Waals surface area contributed by atoms with Crippen molar-refractivity contribution >= 4 is 38.5 Å². The van der Waals surface area contributed by atoms with Crippen molar-refractivity contribution in [2.45, 2.75) is 12.0 Å². The summed E-state index contributed by atoms with van der Waals surface area (Å²) in [6.45, 7) is 0. The number of ether oxygens (including phenoxy) is 3. The van der Waals surface area contributed by atoms with Gasteiger partial charge in [0.25, 0.3) is 5.91 Å². The van der Waals surface area contributed by atoms with E-state index in [4.69, 9.17) is 14.2 Å². The van der Waals surface area contributed by atoms with Gasteiger partial charge in [-0.15, -0.1) is 0 Å². The maximum Gasteiger partial charge on any atom is 0.254 e. The van der Waals surface area contributed by atoms with Gasteiger partial charge in [0.05, 0.1) is 43.5 Å². The number of nitrogens with one attached hydrogen (secondary N) is 1. The van der Waals surface area contributed by atoms with E-state index in [1.807, 2.05) is 12.1 Å². The Morgan fingerprint density at radius 2 is 1.73 bits per heavy atom. The first-order valence-electron chi connectivity index (χ1n) is 11.4. The van der Waals surface area contributed by atoms with Crippen molar-refractivity contribution in [3.05, 3.63) is 77.1 Å². The van der Waals surface area contributed by atoms with E-state index in [2.05, 4.69) is 10.3 Å². The number of fused-ring (bicyclic) bond motifs is 2. The molecule has 0 fully saturated rings. The highest BCUT2D eigenvalue weighted by Crippen LogP contribution is 2.46. The van der Waals surface area contributed by atoms with E-state index < -0.39 is 23.7 Å². The van der Waals surface area contributed by atoms with Gasteiger partial charge in [-0.2, -0.15) is 0 Å². The van der Waals surface area contributed by atoms with Crippen LogP contribution < -0.4 is 19.5 Å². The van der Waals surface area contributed by atoms with Crippen LogP contribution in [0.15, 0.2) is 54.6 Å². The molecular weight excluding hydrogens is 497 g/mol. The predicted molar refractivity (Wildman–Crippen MR) is 138 cm³/mol. The van der Waals surface area contributed by atoms with E-state index in [0.29, 0.717) is 33.5 Å². The Labute approximate surface area is 216 Å². The summed E-state index contributed by atoms with van der Waals surface area (Å²) in [7, 11) is 6.08. The van der Waals surface area contributed by atoms with Gasteiger partial charge in [0.2, 0.25) is 5.91 Å². The Balaban J connectivity index is 1.64. The molecule has 0 spiro atoms. The van der Waals surface area contributed by atoms with Gasteiger partial charge in [0, 0.05) is 18.2 Å². The van der Waals surface area contributed by atoms with Gasteiger partial charge in [-0.25, -0.2) is 9.37 Å². The number of aromatic nitrogens is 1. The zero-order valence-electron chi connectivity index (χ0n) is 20.6. The lowest BCUT2D eigenvalue weighted by atomic mass is 9.79. The summed E-state index contributed by atoms with van der Waals surface area (Å²) in [5.74, 6) is -0.886. The molecule has 1 aromatic heterocycles. The second-order valence-electron chi connectivity index (χ2n) is 8.50. The van der Waals surface area contributed by atoms with E-state index in [-0.39, 0.29) is 17.0 Å². The van der Waals surface area contributed by atoms with Crippen molar-refractivity contribution in [1.82, 2.24) is 9.88 Å². The largest absolute Gasteiger partial charge is 0.497 e. The van der Waals surface area contributed by atoms with Gasteiger partial charge in [-0.1, -0.05) is 29.5 Å². The fraction of sp³-hybridized carbons (Fsp3) is 0.222. The summed E-state index contributed by atoms with van der Waals surface area (Å²) >= 11 is 1.29. The van der Waals surface area contributed by atoms with Crippen LogP contribution in [0.25, 0.3) is 10.2 Å². The Morgan fingerprint density at radius 1 is 1.00 bits per heavy atom. The van der Waals surface area contributed by atoms with Crippen molar-refractivity contribution in [1.29, 1.82) is 0 Å². The molecule has 1 aliphatic heterocycles. The molecule has 4 aromatic rings. The number of methoxy groups -OCH3 is 3. The van der Waals surface area contributed by atoms with E-state index >= 15 is 4.39 Å². The lowest BCUT2D eigenvalue weighted by molar-refractivity contribution is -0.119. The van der Waals surface area contributed by atoms with Crippen molar-refractivity contribution in [2.75, 3.05) is 33.7 Å². The number of nitrogens with zero attached hydrogens (tertiary/aromatic N) is 2. The number of benzene rings is 3. The Kier molecular flexibility index (Phi) is 6.43. The number of carbonyl (C=O) groups is 2. The van der Waals surface area contributed by atoms with Gasteiger partial charge in [-0.3, -0.25) is 9.59 Å². The van der Waals surface area contributed by atoms with Crippen LogP contribution in [0.1, 0.15) is 33.4 Å². The lowest BCUT2D eigenvalue weighted by Crippen LogP contribution is -2.44. The fourth-order valence-corrected chi connectivity index (χ4v) is 5.60. The predicted octanol–water partition coefficient (Wildman–Crippen LogP) is 5.01. The molecule has 0 aliphatic carbocycles. The van der Waals surface area contributed by atoms with Crippen molar-refractivity contribution in [3.8, 4) is 17.2 Å². The summed E-state index contributed by atoms with van der Waals surface area (Å²) < 4.78 is 32.0. The number of thiazole rings is 1. The number of halogens is 1. The van der Waals surface area contributed by atoms with Gasteiger partial charge >= 0.3 is 0 Å². The van der Waals surface area contributed by atoms with Crippen LogP contribution in [0, 0.1) is 5.82 Å². The molecule has 190 valence electrons. The number of hydrogen-bond donors (Lipinski definition) is 1.